The fourth-order valence-corrected chi connectivity index (χ4v) is 0.0745. The van der Waals surface area contributed by atoms with Crippen LogP contribution in [0.25, 0.3) is 0 Å². The van der Waals surface area contributed by atoms with E-state index in [2.05, 4.69) is 6.58 Å². The highest BCUT2D eigenvalue weighted by molar-refractivity contribution is 4.80. The highest BCUT2D eigenvalue weighted by Gasteiger charge is 1.85. The standard InChI is InChI=1S/C4H9NO/c1-2-4(5)3-6/h2,4,6H,1,3,5H2/t4-/m1/s1. The quantitative estimate of drug-likeness (QED) is 0.446. The van der Waals surface area contributed by atoms with Crippen LogP contribution in [0.2, 0.25) is 0 Å². The zero-order valence-corrected chi connectivity index (χ0v) is 3.59. The van der Waals surface area contributed by atoms with E-state index >= 15 is 0 Å². The molecule has 6 heavy (non-hydrogen) atoms. The molecule has 0 radical (unpaired) electrons. The van der Waals surface area contributed by atoms with Gasteiger partial charge in [0.15, 0.2) is 0 Å². The fraction of sp³-hybridized carbons (Fsp3) is 0.500. The van der Waals surface area contributed by atoms with Gasteiger partial charge in [0.25, 0.3) is 0 Å². The second kappa shape index (κ2) is 2.87. The SMILES string of the molecule is C=C[C@@H](N)CO. The number of nitrogens with two attached hydrogens (primary N) is 1. The van der Waals surface area contributed by atoms with E-state index in [1.807, 2.05) is 0 Å². The second-order valence-electron chi connectivity index (χ2n) is 1.08. The molecule has 0 aromatic rings. The maximum absolute atomic E-state index is 8.14. The zero-order chi connectivity index (χ0) is 4.99. The lowest BCUT2D eigenvalue weighted by Gasteiger charge is -1.94. The van der Waals surface area contributed by atoms with Crippen molar-refractivity contribution >= 4 is 0 Å². The molecule has 0 heterocycles. The van der Waals surface area contributed by atoms with Gasteiger partial charge in [-0.15, -0.1) is 6.58 Å². The molecule has 1 atom stereocenters. The summed E-state index contributed by atoms with van der Waals surface area (Å²) in [7, 11) is 0. The summed E-state index contributed by atoms with van der Waals surface area (Å²) < 4.78 is 0. The Morgan fingerprint density at radius 2 is 2.50 bits per heavy atom. The average Bonchev–Trinajstić information content (AvgIpc) is 1.65. The molecule has 2 heteroatoms. The predicted molar refractivity (Wildman–Crippen MR) is 25.3 cm³/mol. The maximum Gasteiger partial charge on any atom is 0.0618 e. The van der Waals surface area contributed by atoms with Gasteiger partial charge in [0.1, 0.15) is 0 Å². The Kier molecular flexibility index (Phi) is 2.71. The minimum atomic E-state index is -0.245. The second-order valence-corrected chi connectivity index (χ2v) is 1.08. The molecule has 0 aliphatic carbocycles. The molecule has 36 valence electrons. The molecule has 2 nitrogen and oxygen atoms in total. The van der Waals surface area contributed by atoms with Crippen molar-refractivity contribution in [2.24, 2.45) is 5.73 Å². The number of aliphatic hydroxyl groups is 1. The van der Waals surface area contributed by atoms with Crippen molar-refractivity contribution in [3.05, 3.63) is 12.7 Å². The van der Waals surface area contributed by atoms with Crippen LogP contribution in [-0.4, -0.2) is 17.8 Å². The fourth-order valence-electron chi connectivity index (χ4n) is 0.0745. The number of aliphatic hydroxyl groups excluding tert-OH is 1. The van der Waals surface area contributed by atoms with Gasteiger partial charge in [-0.25, -0.2) is 0 Å². The molecule has 0 aliphatic rings. The van der Waals surface area contributed by atoms with Crippen LogP contribution in [-0.2, 0) is 0 Å². The summed E-state index contributed by atoms with van der Waals surface area (Å²) in [6, 6.07) is -0.245. The van der Waals surface area contributed by atoms with Crippen LogP contribution in [0.15, 0.2) is 12.7 Å². The summed E-state index contributed by atoms with van der Waals surface area (Å²) in [6.07, 6.45) is 1.50. The van der Waals surface area contributed by atoms with Crippen molar-refractivity contribution in [1.29, 1.82) is 0 Å². The molecular formula is C4H9NO. The van der Waals surface area contributed by atoms with Crippen LogP contribution in [0.4, 0.5) is 0 Å². The van der Waals surface area contributed by atoms with E-state index in [9.17, 15) is 0 Å². The summed E-state index contributed by atoms with van der Waals surface area (Å²) in [5, 5.41) is 8.14. The maximum atomic E-state index is 8.14. The van der Waals surface area contributed by atoms with E-state index in [1.54, 1.807) is 0 Å². The van der Waals surface area contributed by atoms with Crippen LogP contribution < -0.4 is 5.73 Å². The van der Waals surface area contributed by atoms with Crippen molar-refractivity contribution in [3.8, 4) is 0 Å². The van der Waals surface area contributed by atoms with Crippen LogP contribution >= 0.6 is 0 Å². The van der Waals surface area contributed by atoms with Crippen LogP contribution in [0, 0.1) is 0 Å². The smallest absolute Gasteiger partial charge is 0.0618 e. The van der Waals surface area contributed by atoms with Gasteiger partial charge in [0.2, 0.25) is 0 Å². The number of rotatable bonds is 2. The van der Waals surface area contributed by atoms with Gasteiger partial charge in [-0.05, 0) is 0 Å². The highest BCUT2D eigenvalue weighted by Crippen LogP contribution is 1.70. The van der Waals surface area contributed by atoms with Crippen LogP contribution in [0.5, 0.6) is 0 Å². The molecule has 3 N–H and O–H groups in total. The van der Waals surface area contributed by atoms with E-state index in [1.165, 1.54) is 6.08 Å². The monoisotopic (exact) mass is 87.1 g/mol. The zero-order valence-electron chi connectivity index (χ0n) is 3.59. The molecule has 0 aromatic carbocycles. The third-order valence-electron chi connectivity index (χ3n) is 0.514. The van der Waals surface area contributed by atoms with E-state index < -0.39 is 0 Å². The summed E-state index contributed by atoms with van der Waals surface area (Å²) in [6.45, 7) is 3.34. The van der Waals surface area contributed by atoms with Gasteiger partial charge < -0.3 is 10.8 Å². The van der Waals surface area contributed by atoms with Gasteiger partial charge in [-0.1, -0.05) is 6.08 Å². The molecule has 0 bridgehead atoms. The summed E-state index contributed by atoms with van der Waals surface area (Å²) in [4.78, 5) is 0. The first-order valence-electron chi connectivity index (χ1n) is 1.80. The molecule has 0 spiro atoms. The number of hydrogen-bond acceptors (Lipinski definition) is 2. The molecule has 0 rings (SSSR count). The van der Waals surface area contributed by atoms with E-state index in [-0.39, 0.29) is 12.6 Å². The molecule has 0 saturated carbocycles. The molecule has 0 unspecified atom stereocenters. The Hall–Kier alpha value is -0.340. The Labute approximate surface area is 37.3 Å². The predicted octanol–water partition coefficient (Wildman–Crippen LogP) is -0.508. The Bertz CT molecular complexity index is 44.8. The van der Waals surface area contributed by atoms with Gasteiger partial charge in [0.05, 0.1) is 6.61 Å². The topological polar surface area (TPSA) is 46.2 Å². The van der Waals surface area contributed by atoms with Crippen molar-refractivity contribution < 1.29 is 5.11 Å². The largest absolute Gasteiger partial charge is 0.394 e. The van der Waals surface area contributed by atoms with Crippen LogP contribution in [0.3, 0.4) is 0 Å². The lowest BCUT2D eigenvalue weighted by atomic mass is 10.3. The van der Waals surface area contributed by atoms with Gasteiger partial charge in [0, 0.05) is 6.04 Å². The number of hydrogen-bond donors (Lipinski definition) is 2. The van der Waals surface area contributed by atoms with Crippen LogP contribution in [0.1, 0.15) is 0 Å². The minimum absolute atomic E-state index is 0.0104. The molecule has 0 amide bonds. The minimum Gasteiger partial charge on any atom is -0.394 e. The average molecular weight is 87.1 g/mol. The molecule has 0 fully saturated rings. The summed E-state index contributed by atoms with van der Waals surface area (Å²) >= 11 is 0. The Balaban J connectivity index is 2.96. The highest BCUT2D eigenvalue weighted by atomic mass is 16.3. The summed E-state index contributed by atoms with van der Waals surface area (Å²) in [5.41, 5.74) is 5.10. The first-order chi connectivity index (χ1) is 2.81. The van der Waals surface area contributed by atoms with E-state index in [0.717, 1.165) is 0 Å². The van der Waals surface area contributed by atoms with Gasteiger partial charge >= 0.3 is 0 Å². The van der Waals surface area contributed by atoms with Gasteiger partial charge in [-0.3, -0.25) is 0 Å². The lowest BCUT2D eigenvalue weighted by molar-refractivity contribution is 0.284. The van der Waals surface area contributed by atoms with E-state index in [0.29, 0.717) is 0 Å². The third kappa shape index (κ3) is 1.93. The van der Waals surface area contributed by atoms with Crippen molar-refractivity contribution in [2.45, 2.75) is 6.04 Å². The molecule has 0 saturated heterocycles. The Morgan fingerprint density at radius 3 is 2.50 bits per heavy atom. The van der Waals surface area contributed by atoms with Crippen molar-refractivity contribution in [2.75, 3.05) is 6.61 Å². The normalized spacial score (nSPS) is 13.7. The van der Waals surface area contributed by atoms with Crippen molar-refractivity contribution in [3.63, 3.8) is 0 Å². The first kappa shape index (κ1) is 5.66. The van der Waals surface area contributed by atoms with Gasteiger partial charge in [-0.2, -0.15) is 0 Å². The van der Waals surface area contributed by atoms with E-state index in [4.69, 9.17) is 10.8 Å². The lowest BCUT2D eigenvalue weighted by Crippen LogP contribution is -2.20. The van der Waals surface area contributed by atoms with Crippen molar-refractivity contribution in [1.82, 2.24) is 0 Å². The Morgan fingerprint density at radius 1 is 2.00 bits per heavy atom. The molecular weight excluding hydrogens is 78.0 g/mol. The molecule has 0 aromatic heterocycles. The molecule has 0 aliphatic heterocycles. The first-order valence-corrected chi connectivity index (χ1v) is 1.80. The third-order valence-corrected chi connectivity index (χ3v) is 0.514. The summed E-state index contributed by atoms with van der Waals surface area (Å²) in [5.74, 6) is 0.